The van der Waals surface area contributed by atoms with Crippen LogP contribution in [0.5, 0.6) is 6.01 Å². The highest BCUT2D eigenvalue weighted by molar-refractivity contribution is 7.23. The first-order valence-corrected chi connectivity index (χ1v) is 17.8. The van der Waals surface area contributed by atoms with Crippen LogP contribution in [-0.4, -0.2) is 82.3 Å². The first kappa shape index (κ1) is 32.5. The zero-order valence-corrected chi connectivity index (χ0v) is 27.9. The van der Waals surface area contributed by atoms with Crippen molar-refractivity contribution < 1.29 is 35.9 Å². The van der Waals surface area contributed by atoms with Crippen molar-refractivity contribution in [3.05, 3.63) is 41.0 Å². The van der Waals surface area contributed by atoms with Crippen molar-refractivity contribution in [3.8, 4) is 23.2 Å². The number of alkyl halides is 4. The van der Waals surface area contributed by atoms with E-state index in [4.69, 9.17) is 10.5 Å². The third kappa shape index (κ3) is 4.94. The van der Waals surface area contributed by atoms with Crippen LogP contribution in [0.1, 0.15) is 49.7 Å². The number of thiophene rings is 1. The van der Waals surface area contributed by atoms with Gasteiger partial charge in [0, 0.05) is 48.3 Å². The molecule has 2 aromatic carbocycles. The first-order chi connectivity index (χ1) is 24.4. The Hall–Kier alpha value is -4.36. The van der Waals surface area contributed by atoms with Gasteiger partial charge in [-0.2, -0.15) is 28.4 Å². The molecule has 0 spiro atoms. The van der Waals surface area contributed by atoms with Crippen molar-refractivity contribution in [2.75, 3.05) is 43.4 Å². The van der Waals surface area contributed by atoms with Crippen LogP contribution in [0.15, 0.2) is 18.2 Å². The normalized spacial score (nSPS) is 26.1. The van der Waals surface area contributed by atoms with E-state index in [0.717, 1.165) is 37.5 Å². The number of carbonyl (C=O) groups excluding carboxylic acids is 1. The number of benzene rings is 2. The van der Waals surface area contributed by atoms with Gasteiger partial charge in [0.25, 0.3) is 0 Å². The van der Waals surface area contributed by atoms with Gasteiger partial charge in [-0.25, -0.2) is 13.2 Å². The fraction of sp³-hybridized carbons (Fsp3) is 0.486. The number of amides is 1. The molecule has 1 amide bonds. The summed E-state index contributed by atoms with van der Waals surface area (Å²) >= 11 is 0.689. The van der Waals surface area contributed by atoms with E-state index in [1.165, 1.54) is 0 Å². The lowest BCUT2D eigenvalue weighted by Gasteiger charge is -2.47. The number of nitrogens with two attached hydrogens (primary N) is 1. The molecule has 9 nitrogen and oxygen atoms in total. The SMILES string of the molecule is N#Cc1c(N)sc2c(F)ccc(-c3c(C(F)(F)F)cc4c(N5C[C@@H]6C5CCN6C(=O)C5CC5)nc(OC[C@@]56CCCN5C[C@H](F)C6)nc4c3F)c12. The molecule has 266 valence electrons. The van der Waals surface area contributed by atoms with E-state index in [1.54, 1.807) is 4.90 Å². The number of carbonyl (C=O) groups is 1. The molecule has 1 unspecified atom stereocenters. The van der Waals surface area contributed by atoms with Crippen LogP contribution in [0.3, 0.4) is 0 Å². The lowest BCUT2D eigenvalue weighted by atomic mass is 9.91. The monoisotopic (exact) mass is 727 g/mol. The van der Waals surface area contributed by atoms with Crippen LogP contribution in [0.4, 0.5) is 37.2 Å². The lowest BCUT2D eigenvalue weighted by Crippen LogP contribution is -2.63. The number of hydrogen-bond acceptors (Lipinski definition) is 9. The molecule has 1 saturated carbocycles. The van der Waals surface area contributed by atoms with E-state index < -0.39 is 46.2 Å². The Morgan fingerprint density at radius 2 is 1.94 bits per heavy atom. The van der Waals surface area contributed by atoms with Gasteiger partial charge >= 0.3 is 12.2 Å². The number of hydrogen-bond donors (Lipinski definition) is 1. The molecule has 2 N–H and O–H groups in total. The number of nitrogens with zero attached hydrogens (tertiary/aromatic N) is 6. The van der Waals surface area contributed by atoms with Crippen molar-refractivity contribution in [1.29, 1.82) is 5.26 Å². The molecule has 4 atom stereocenters. The number of nitriles is 1. The summed E-state index contributed by atoms with van der Waals surface area (Å²) in [5.41, 5.74) is 2.01. The molecule has 5 aliphatic rings. The number of ether oxygens (including phenoxy) is 1. The van der Waals surface area contributed by atoms with Gasteiger partial charge in [0.1, 0.15) is 41.0 Å². The van der Waals surface area contributed by atoms with E-state index in [0.29, 0.717) is 37.3 Å². The smallest absolute Gasteiger partial charge is 0.417 e. The molecule has 5 fully saturated rings. The number of anilines is 2. The molecular weight excluding hydrogens is 696 g/mol. The van der Waals surface area contributed by atoms with Crippen molar-refractivity contribution in [2.45, 2.75) is 68.5 Å². The second-order valence-electron chi connectivity index (χ2n) is 14.3. The zero-order chi connectivity index (χ0) is 35.6. The van der Waals surface area contributed by atoms with E-state index >= 15 is 17.6 Å². The zero-order valence-electron chi connectivity index (χ0n) is 27.1. The number of nitrogen functional groups attached to an aromatic ring is 1. The van der Waals surface area contributed by atoms with Gasteiger partial charge in [-0.05, 0) is 56.3 Å². The van der Waals surface area contributed by atoms with Crippen LogP contribution >= 0.6 is 11.3 Å². The highest BCUT2D eigenvalue weighted by atomic mass is 32.1. The van der Waals surface area contributed by atoms with Crippen LogP contribution in [0.25, 0.3) is 32.1 Å². The Bertz CT molecular complexity index is 2180. The summed E-state index contributed by atoms with van der Waals surface area (Å²) in [6, 6.07) is 3.85. The second kappa shape index (κ2) is 11.3. The number of fused-ring (bicyclic) bond motifs is 4. The maximum atomic E-state index is 17.1. The van der Waals surface area contributed by atoms with Crippen molar-refractivity contribution >= 4 is 49.1 Å². The number of likely N-dealkylation sites (tertiary alicyclic amines) is 1. The molecule has 4 aromatic rings. The van der Waals surface area contributed by atoms with Gasteiger partial charge in [-0.3, -0.25) is 9.69 Å². The molecule has 51 heavy (non-hydrogen) atoms. The fourth-order valence-electron chi connectivity index (χ4n) is 8.82. The van der Waals surface area contributed by atoms with E-state index in [1.807, 2.05) is 15.9 Å². The van der Waals surface area contributed by atoms with Crippen molar-refractivity contribution in [1.82, 2.24) is 19.8 Å². The third-order valence-electron chi connectivity index (χ3n) is 11.4. The van der Waals surface area contributed by atoms with Gasteiger partial charge in [0.15, 0.2) is 5.82 Å². The second-order valence-corrected chi connectivity index (χ2v) is 15.4. The Labute approximate surface area is 291 Å². The van der Waals surface area contributed by atoms with Crippen LogP contribution in [0, 0.1) is 28.9 Å². The molecular formula is C35H31F6N7O2S. The van der Waals surface area contributed by atoms with Crippen molar-refractivity contribution in [2.24, 2.45) is 5.92 Å². The Morgan fingerprint density at radius 3 is 2.69 bits per heavy atom. The minimum absolute atomic E-state index is 0.00148. The van der Waals surface area contributed by atoms with Crippen LogP contribution in [0.2, 0.25) is 0 Å². The first-order valence-electron chi connectivity index (χ1n) is 17.0. The molecule has 1 aliphatic carbocycles. The standard InChI is InChI=1S/C35H31F6N7O2S/c36-17-11-34(7-1-8-46(34)13-17)15-50-33-44-28-19(31(45-33)48-14-24-23(48)6-9-47(24)32(49)16-2-3-16)10-21(35(39,40)41)26(27(28)38)18-4-5-22(37)29-25(18)20(12-42)30(43)51-29/h4-5,10,16-17,23-24H,1-3,6-9,11,13-15,43H2/t17-,23?,24-,34+/m1/s1. The minimum atomic E-state index is -5.10. The Kier molecular flexibility index (Phi) is 7.22. The van der Waals surface area contributed by atoms with Gasteiger partial charge in [-0.1, -0.05) is 6.07 Å². The summed E-state index contributed by atoms with van der Waals surface area (Å²) in [5.74, 6) is -2.05. The van der Waals surface area contributed by atoms with Gasteiger partial charge in [-0.15, -0.1) is 11.3 Å². The average Bonchev–Trinajstić information content (AvgIpc) is 3.52. The number of aromatic nitrogens is 2. The predicted octanol–water partition coefficient (Wildman–Crippen LogP) is 6.42. The highest BCUT2D eigenvalue weighted by Crippen LogP contribution is 2.50. The largest absolute Gasteiger partial charge is 0.461 e. The molecule has 4 aliphatic heterocycles. The van der Waals surface area contributed by atoms with E-state index in [9.17, 15) is 18.8 Å². The fourth-order valence-corrected chi connectivity index (χ4v) is 9.77. The highest BCUT2D eigenvalue weighted by Gasteiger charge is 2.53. The topological polar surface area (TPSA) is 112 Å². The summed E-state index contributed by atoms with van der Waals surface area (Å²) in [7, 11) is 0. The van der Waals surface area contributed by atoms with E-state index in [-0.39, 0.29) is 93.5 Å². The average molecular weight is 728 g/mol. The summed E-state index contributed by atoms with van der Waals surface area (Å²) in [5, 5.41) is 9.28. The molecule has 16 heteroatoms. The van der Waals surface area contributed by atoms with Crippen molar-refractivity contribution in [3.63, 3.8) is 0 Å². The minimum Gasteiger partial charge on any atom is -0.461 e. The summed E-state index contributed by atoms with van der Waals surface area (Å²) in [6.07, 6.45) is -2.15. The molecule has 4 saturated heterocycles. The maximum absolute atomic E-state index is 17.1. The molecule has 0 bridgehead atoms. The maximum Gasteiger partial charge on any atom is 0.417 e. The number of rotatable bonds is 6. The van der Waals surface area contributed by atoms with E-state index in [2.05, 4.69) is 9.97 Å². The Morgan fingerprint density at radius 1 is 1.14 bits per heavy atom. The lowest BCUT2D eigenvalue weighted by molar-refractivity contribution is -0.137. The molecule has 6 heterocycles. The third-order valence-corrected chi connectivity index (χ3v) is 12.4. The molecule has 0 radical (unpaired) electrons. The summed E-state index contributed by atoms with van der Waals surface area (Å²) in [6.45, 7) is 1.74. The van der Waals surface area contributed by atoms with Gasteiger partial charge in [0.2, 0.25) is 5.91 Å². The molecule has 9 rings (SSSR count). The van der Waals surface area contributed by atoms with Crippen LogP contribution < -0.4 is 15.4 Å². The van der Waals surface area contributed by atoms with Gasteiger partial charge < -0.3 is 20.3 Å². The summed E-state index contributed by atoms with van der Waals surface area (Å²) in [4.78, 5) is 27.5. The predicted molar refractivity (Wildman–Crippen MR) is 177 cm³/mol. The quantitative estimate of drug-likeness (QED) is 0.227. The number of halogens is 6. The van der Waals surface area contributed by atoms with Crippen LogP contribution in [-0.2, 0) is 11.0 Å². The molecule has 2 aromatic heterocycles. The summed E-state index contributed by atoms with van der Waals surface area (Å²) < 4.78 is 97.6. The Balaban J connectivity index is 1.21. The van der Waals surface area contributed by atoms with Gasteiger partial charge in [0.05, 0.1) is 33.4 Å².